The zero-order chi connectivity index (χ0) is 15.1. The van der Waals surface area contributed by atoms with Gasteiger partial charge in [-0.25, -0.2) is 4.98 Å². The van der Waals surface area contributed by atoms with Crippen LogP contribution in [0.3, 0.4) is 0 Å². The average molecular weight is 287 g/mol. The van der Waals surface area contributed by atoms with Gasteiger partial charge in [0.1, 0.15) is 0 Å². The minimum Gasteiger partial charge on any atom is -0.432 e. The molecule has 0 bridgehead atoms. The maximum Gasteiger partial charge on any atom is 0.311 e. The fraction of sp³-hybridized carbons (Fsp3) is 0.267. The number of hydrogen-bond acceptors (Lipinski definition) is 5. The second-order valence-electron chi connectivity index (χ2n) is 4.51. The molecule has 21 heavy (non-hydrogen) atoms. The Kier molecular flexibility index (Phi) is 5.22. The van der Waals surface area contributed by atoms with E-state index in [-0.39, 0.29) is 11.4 Å². The van der Waals surface area contributed by atoms with Crippen LogP contribution in [0.25, 0.3) is 0 Å². The van der Waals surface area contributed by atoms with E-state index in [0.29, 0.717) is 5.88 Å². The van der Waals surface area contributed by atoms with Gasteiger partial charge in [-0.2, -0.15) is 0 Å². The highest BCUT2D eigenvalue weighted by atomic mass is 16.6. The number of nitrogens with one attached hydrogen (secondary N) is 1. The number of nitrogens with zero attached hydrogens (tertiary/aromatic N) is 2. The van der Waals surface area contributed by atoms with Gasteiger partial charge in [0.15, 0.2) is 0 Å². The van der Waals surface area contributed by atoms with Gasteiger partial charge >= 0.3 is 5.69 Å². The molecule has 0 atom stereocenters. The van der Waals surface area contributed by atoms with Gasteiger partial charge in [0.05, 0.1) is 4.92 Å². The second-order valence-corrected chi connectivity index (χ2v) is 4.51. The number of hydrogen-bond donors (Lipinski definition) is 1. The molecule has 110 valence electrons. The minimum atomic E-state index is -0.474. The molecule has 0 spiro atoms. The van der Waals surface area contributed by atoms with E-state index < -0.39 is 4.92 Å². The van der Waals surface area contributed by atoms with Gasteiger partial charge in [-0.3, -0.25) is 10.1 Å². The first-order chi connectivity index (χ1) is 10.2. The lowest BCUT2D eigenvalue weighted by molar-refractivity contribution is -0.385. The molecule has 1 N–H and O–H groups in total. The zero-order valence-electron chi connectivity index (χ0n) is 11.8. The number of rotatable bonds is 7. The molecular formula is C15H17N3O3. The quantitative estimate of drug-likeness (QED) is 0.480. The summed E-state index contributed by atoms with van der Waals surface area (Å²) < 4.78 is 5.48. The van der Waals surface area contributed by atoms with Crippen LogP contribution in [0.1, 0.15) is 18.9 Å². The van der Waals surface area contributed by atoms with Crippen molar-refractivity contribution in [2.75, 3.05) is 6.54 Å². The smallest absolute Gasteiger partial charge is 0.311 e. The first kappa shape index (κ1) is 14.9. The third-order valence-electron chi connectivity index (χ3n) is 2.83. The number of nitro groups is 1. The SMILES string of the molecule is CCCNCc1ccc(Oc2ccccc2[N+](=O)[O-])nc1. The van der Waals surface area contributed by atoms with Crippen LogP contribution in [-0.2, 0) is 6.54 Å². The lowest BCUT2D eigenvalue weighted by atomic mass is 10.3. The van der Waals surface area contributed by atoms with Gasteiger partial charge in [-0.1, -0.05) is 25.1 Å². The Balaban J connectivity index is 2.05. The van der Waals surface area contributed by atoms with Crippen molar-refractivity contribution >= 4 is 5.69 Å². The largest absolute Gasteiger partial charge is 0.432 e. The first-order valence-corrected chi connectivity index (χ1v) is 6.77. The van der Waals surface area contributed by atoms with E-state index in [1.54, 1.807) is 30.5 Å². The molecular weight excluding hydrogens is 270 g/mol. The highest BCUT2D eigenvalue weighted by Crippen LogP contribution is 2.29. The van der Waals surface area contributed by atoms with Crippen molar-refractivity contribution in [1.82, 2.24) is 10.3 Å². The molecule has 0 saturated heterocycles. The summed E-state index contributed by atoms with van der Waals surface area (Å²) in [5.74, 6) is 0.524. The molecule has 1 aromatic heterocycles. The molecule has 2 aromatic rings. The summed E-state index contributed by atoms with van der Waals surface area (Å²) in [7, 11) is 0. The molecule has 0 unspecified atom stereocenters. The third-order valence-corrected chi connectivity index (χ3v) is 2.83. The Hall–Kier alpha value is -2.47. The normalized spacial score (nSPS) is 10.3. The van der Waals surface area contributed by atoms with E-state index in [1.165, 1.54) is 6.07 Å². The molecule has 6 heteroatoms. The van der Waals surface area contributed by atoms with E-state index in [2.05, 4.69) is 17.2 Å². The summed E-state index contributed by atoms with van der Waals surface area (Å²) in [6.07, 6.45) is 2.78. The van der Waals surface area contributed by atoms with Crippen molar-refractivity contribution in [3.05, 3.63) is 58.3 Å². The number of aromatic nitrogens is 1. The van der Waals surface area contributed by atoms with Gasteiger partial charge < -0.3 is 10.1 Å². The summed E-state index contributed by atoms with van der Waals surface area (Å²) in [5.41, 5.74) is 0.964. The summed E-state index contributed by atoms with van der Waals surface area (Å²) >= 11 is 0. The number of ether oxygens (including phenoxy) is 1. The van der Waals surface area contributed by atoms with Crippen molar-refractivity contribution < 1.29 is 9.66 Å². The molecule has 0 aliphatic heterocycles. The maximum atomic E-state index is 10.9. The molecule has 0 saturated carbocycles. The molecule has 0 amide bonds. The number of benzene rings is 1. The molecule has 0 aliphatic carbocycles. The molecule has 1 aromatic carbocycles. The van der Waals surface area contributed by atoms with Gasteiger partial charge in [-0.15, -0.1) is 0 Å². The summed E-state index contributed by atoms with van der Waals surface area (Å²) in [6.45, 7) is 3.80. The molecule has 0 fully saturated rings. The summed E-state index contributed by atoms with van der Waals surface area (Å²) in [4.78, 5) is 14.6. The van der Waals surface area contributed by atoms with E-state index in [9.17, 15) is 10.1 Å². The van der Waals surface area contributed by atoms with Gasteiger partial charge in [0.2, 0.25) is 11.6 Å². The first-order valence-electron chi connectivity index (χ1n) is 6.77. The highest BCUT2D eigenvalue weighted by Gasteiger charge is 2.14. The predicted octanol–water partition coefficient (Wildman–Crippen LogP) is 3.28. The van der Waals surface area contributed by atoms with Crippen molar-refractivity contribution in [3.63, 3.8) is 0 Å². The van der Waals surface area contributed by atoms with Crippen molar-refractivity contribution in [2.45, 2.75) is 19.9 Å². The standard InChI is InChI=1S/C15H17N3O3/c1-2-9-16-10-12-7-8-15(17-11-12)21-14-6-4-3-5-13(14)18(19)20/h3-8,11,16H,2,9-10H2,1H3. The Morgan fingerprint density at radius 3 is 2.76 bits per heavy atom. The van der Waals surface area contributed by atoms with Crippen LogP contribution in [0.2, 0.25) is 0 Å². The van der Waals surface area contributed by atoms with Crippen LogP contribution < -0.4 is 10.1 Å². The van der Waals surface area contributed by atoms with Gasteiger partial charge in [-0.05, 0) is 24.6 Å². The maximum absolute atomic E-state index is 10.9. The lowest BCUT2D eigenvalue weighted by Crippen LogP contribution is -2.13. The van der Waals surface area contributed by atoms with Crippen LogP contribution in [0.4, 0.5) is 5.69 Å². The number of nitro benzene ring substituents is 1. The fourth-order valence-electron chi connectivity index (χ4n) is 1.79. The van der Waals surface area contributed by atoms with E-state index >= 15 is 0 Å². The van der Waals surface area contributed by atoms with Gasteiger partial charge in [0, 0.05) is 24.9 Å². The van der Waals surface area contributed by atoms with Crippen molar-refractivity contribution in [3.8, 4) is 11.6 Å². The van der Waals surface area contributed by atoms with Crippen LogP contribution >= 0.6 is 0 Å². The second kappa shape index (κ2) is 7.35. The molecule has 1 heterocycles. The molecule has 0 aliphatic rings. The van der Waals surface area contributed by atoms with Gasteiger partial charge in [0.25, 0.3) is 0 Å². The van der Waals surface area contributed by atoms with Crippen LogP contribution in [0.15, 0.2) is 42.6 Å². The fourth-order valence-corrected chi connectivity index (χ4v) is 1.79. The summed E-state index contributed by atoms with van der Waals surface area (Å²) in [5, 5.41) is 14.2. The van der Waals surface area contributed by atoms with E-state index in [1.807, 2.05) is 6.07 Å². The third kappa shape index (κ3) is 4.25. The molecule has 6 nitrogen and oxygen atoms in total. The van der Waals surface area contributed by atoms with Crippen molar-refractivity contribution in [2.24, 2.45) is 0 Å². The molecule has 0 radical (unpaired) electrons. The molecule has 2 rings (SSSR count). The Morgan fingerprint density at radius 2 is 2.10 bits per heavy atom. The van der Waals surface area contributed by atoms with Crippen LogP contribution in [0.5, 0.6) is 11.6 Å². The van der Waals surface area contributed by atoms with E-state index in [0.717, 1.165) is 25.1 Å². The summed E-state index contributed by atoms with van der Waals surface area (Å²) in [6, 6.07) is 9.83. The average Bonchev–Trinajstić information content (AvgIpc) is 2.50. The number of pyridine rings is 1. The number of para-hydroxylation sites is 2. The Bertz CT molecular complexity index is 599. The van der Waals surface area contributed by atoms with Crippen molar-refractivity contribution in [1.29, 1.82) is 0 Å². The Morgan fingerprint density at radius 1 is 1.29 bits per heavy atom. The minimum absolute atomic E-state index is 0.0759. The Labute approximate surface area is 122 Å². The topological polar surface area (TPSA) is 77.3 Å². The predicted molar refractivity (Wildman–Crippen MR) is 79.4 cm³/mol. The zero-order valence-corrected chi connectivity index (χ0v) is 11.8. The van der Waals surface area contributed by atoms with Crippen LogP contribution in [-0.4, -0.2) is 16.5 Å². The van der Waals surface area contributed by atoms with Crippen LogP contribution in [0, 0.1) is 10.1 Å². The highest BCUT2D eigenvalue weighted by molar-refractivity contribution is 5.47. The monoisotopic (exact) mass is 287 g/mol. The van der Waals surface area contributed by atoms with E-state index in [4.69, 9.17) is 4.74 Å². The lowest BCUT2D eigenvalue weighted by Gasteiger charge is -2.06.